The number of carbonyl (C=O) groups is 2. The number of nitrogens with one attached hydrogen (secondary N) is 1. The number of ether oxygens (including phenoxy) is 3. The van der Waals surface area contributed by atoms with Gasteiger partial charge >= 0.3 is 5.97 Å². The maximum absolute atomic E-state index is 12.6. The number of likely N-dealkylation sites (N-methyl/N-ethyl adjacent to an activating group) is 1. The van der Waals surface area contributed by atoms with E-state index in [0.717, 1.165) is 16.7 Å². The second-order valence-corrected chi connectivity index (χ2v) is 11.4. The van der Waals surface area contributed by atoms with Crippen molar-refractivity contribution in [1.29, 1.82) is 0 Å². The molecule has 4 aromatic rings. The quantitative estimate of drug-likeness (QED) is 0.203. The molecule has 0 radical (unpaired) electrons. The van der Waals surface area contributed by atoms with Crippen LogP contribution < -0.4 is 5.32 Å². The number of anilines is 1. The topological polar surface area (TPSA) is 97.3 Å². The Labute approximate surface area is 258 Å². The molecule has 8 heteroatoms. The lowest BCUT2D eigenvalue weighted by atomic mass is 9.98. The molecule has 0 saturated carbocycles. The first-order valence-electron chi connectivity index (χ1n) is 15.0. The summed E-state index contributed by atoms with van der Waals surface area (Å²) < 4.78 is 18.1. The summed E-state index contributed by atoms with van der Waals surface area (Å²) in [6.45, 7) is 5.66. The molecule has 0 spiro atoms. The molecule has 0 unspecified atom stereocenters. The fraction of sp³-hybridized carbons (Fsp3) is 0.333. The SMILES string of the molecule is CC(=O)O[C@@H](C)C(=O)Nc1cccc([C@@H]2O[C@H](CN(C)[C@H](C)c3ccc4ccccc4c3)C[C@H](c3ccc(CO)cc3)O2)c1. The van der Waals surface area contributed by atoms with E-state index in [2.05, 4.69) is 66.7 Å². The molecule has 0 aromatic heterocycles. The van der Waals surface area contributed by atoms with Crippen molar-refractivity contribution in [1.82, 2.24) is 4.90 Å². The van der Waals surface area contributed by atoms with Crippen LogP contribution >= 0.6 is 0 Å². The molecule has 5 atom stereocenters. The van der Waals surface area contributed by atoms with Gasteiger partial charge in [0.2, 0.25) is 0 Å². The van der Waals surface area contributed by atoms with E-state index in [1.165, 1.54) is 30.2 Å². The van der Waals surface area contributed by atoms with Crippen LogP contribution in [0.15, 0.2) is 91.0 Å². The standard InChI is InChI=1S/C36H40N2O6/c1-23(29-17-16-27-8-5-6-9-30(27)18-29)38(4)21-33-20-34(28-14-12-26(22-39)13-15-28)44-36(43-33)31-10-7-11-32(19-31)37-35(41)24(2)42-25(3)40/h5-19,23-24,33-34,36,39H,20-22H2,1-4H3,(H,37,41)/t23-,24+,33+,34-,36-/m1/s1. The predicted molar refractivity (Wildman–Crippen MR) is 170 cm³/mol. The molecular weight excluding hydrogens is 556 g/mol. The van der Waals surface area contributed by atoms with Crippen LogP contribution in [0.5, 0.6) is 0 Å². The molecule has 4 aromatic carbocycles. The average molecular weight is 597 g/mol. The fourth-order valence-corrected chi connectivity index (χ4v) is 5.54. The molecule has 2 N–H and O–H groups in total. The van der Waals surface area contributed by atoms with Gasteiger partial charge in [-0.25, -0.2) is 0 Å². The van der Waals surface area contributed by atoms with Gasteiger partial charge in [0.15, 0.2) is 12.4 Å². The van der Waals surface area contributed by atoms with Crippen molar-refractivity contribution in [2.24, 2.45) is 0 Å². The van der Waals surface area contributed by atoms with E-state index in [9.17, 15) is 14.7 Å². The first-order chi connectivity index (χ1) is 21.2. The largest absolute Gasteiger partial charge is 0.453 e. The van der Waals surface area contributed by atoms with Crippen molar-refractivity contribution in [3.05, 3.63) is 113 Å². The van der Waals surface area contributed by atoms with Gasteiger partial charge in [-0.05, 0) is 66.6 Å². The van der Waals surface area contributed by atoms with Crippen LogP contribution in [0.1, 0.15) is 67.9 Å². The van der Waals surface area contributed by atoms with E-state index in [1.807, 2.05) is 42.5 Å². The molecule has 44 heavy (non-hydrogen) atoms. The lowest BCUT2D eigenvalue weighted by molar-refractivity contribution is -0.253. The van der Waals surface area contributed by atoms with Gasteiger partial charge in [0, 0.05) is 37.2 Å². The number of nitrogens with zero attached hydrogens (tertiary/aromatic N) is 1. The van der Waals surface area contributed by atoms with Crippen molar-refractivity contribution in [2.75, 3.05) is 18.9 Å². The number of aliphatic hydroxyl groups excluding tert-OH is 1. The van der Waals surface area contributed by atoms with E-state index in [1.54, 1.807) is 6.07 Å². The van der Waals surface area contributed by atoms with Crippen LogP contribution in [0, 0.1) is 0 Å². The summed E-state index contributed by atoms with van der Waals surface area (Å²) in [4.78, 5) is 26.2. The van der Waals surface area contributed by atoms with Crippen LogP contribution in [0.3, 0.4) is 0 Å². The van der Waals surface area contributed by atoms with Gasteiger partial charge in [-0.1, -0.05) is 72.8 Å². The summed E-state index contributed by atoms with van der Waals surface area (Å²) in [6.07, 6.45) is -1.33. The van der Waals surface area contributed by atoms with Crippen molar-refractivity contribution < 1.29 is 28.9 Å². The van der Waals surface area contributed by atoms with Gasteiger partial charge in [-0.3, -0.25) is 14.5 Å². The first kappa shape index (κ1) is 31.3. The number of hydrogen-bond donors (Lipinski definition) is 2. The number of fused-ring (bicyclic) bond motifs is 1. The number of hydrogen-bond acceptors (Lipinski definition) is 7. The number of esters is 1. The van der Waals surface area contributed by atoms with Crippen LogP contribution in [-0.2, 0) is 30.4 Å². The number of amides is 1. The number of carbonyl (C=O) groups excluding carboxylic acids is 2. The Morgan fingerprint density at radius 1 is 0.932 bits per heavy atom. The molecule has 1 heterocycles. The zero-order valence-electron chi connectivity index (χ0n) is 25.6. The number of aliphatic hydroxyl groups is 1. The normalized spacial score (nSPS) is 19.8. The molecule has 1 amide bonds. The van der Waals surface area contributed by atoms with Gasteiger partial charge < -0.3 is 24.6 Å². The minimum Gasteiger partial charge on any atom is -0.453 e. The Bertz CT molecular complexity index is 1590. The summed E-state index contributed by atoms with van der Waals surface area (Å²) in [5.74, 6) is -0.943. The highest BCUT2D eigenvalue weighted by atomic mass is 16.7. The predicted octanol–water partition coefficient (Wildman–Crippen LogP) is 6.46. The molecule has 1 aliphatic heterocycles. The van der Waals surface area contributed by atoms with Gasteiger partial charge in [0.25, 0.3) is 5.91 Å². The van der Waals surface area contributed by atoms with Crippen molar-refractivity contribution >= 4 is 28.3 Å². The summed E-state index contributed by atoms with van der Waals surface area (Å²) in [6, 6.07) is 30.3. The summed E-state index contributed by atoms with van der Waals surface area (Å²) >= 11 is 0. The summed E-state index contributed by atoms with van der Waals surface area (Å²) in [5.41, 5.74) is 4.38. The molecule has 0 bridgehead atoms. The second kappa shape index (κ2) is 14.1. The highest BCUT2D eigenvalue weighted by Gasteiger charge is 2.33. The third kappa shape index (κ3) is 7.70. The summed E-state index contributed by atoms with van der Waals surface area (Å²) in [5, 5.41) is 14.8. The average Bonchev–Trinajstić information content (AvgIpc) is 3.03. The molecule has 0 aliphatic carbocycles. The molecule has 5 rings (SSSR count). The number of benzene rings is 4. The molecule has 230 valence electrons. The van der Waals surface area contributed by atoms with Crippen LogP contribution in [0.2, 0.25) is 0 Å². The van der Waals surface area contributed by atoms with E-state index >= 15 is 0 Å². The van der Waals surface area contributed by atoms with E-state index < -0.39 is 24.3 Å². The molecule has 1 aliphatic rings. The fourth-order valence-electron chi connectivity index (χ4n) is 5.54. The van der Waals surface area contributed by atoms with Gasteiger partial charge in [-0.15, -0.1) is 0 Å². The van der Waals surface area contributed by atoms with E-state index in [-0.39, 0.29) is 24.9 Å². The van der Waals surface area contributed by atoms with Gasteiger partial charge in [0.1, 0.15) is 0 Å². The smallest absolute Gasteiger partial charge is 0.303 e. The van der Waals surface area contributed by atoms with E-state index in [4.69, 9.17) is 14.2 Å². The zero-order valence-corrected chi connectivity index (χ0v) is 25.6. The Morgan fingerprint density at radius 2 is 1.68 bits per heavy atom. The van der Waals surface area contributed by atoms with Crippen LogP contribution in [0.25, 0.3) is 10.8 Å². The van der Waals surface area contributed by atoms with Crippen LogP contribution in [0.4, 0.5) is 5.69 Å². The zero-order chi connectivity index (χ0) is 31.2. The highest BCUT2D eigenvalue weighted by Crippen LogP contribution is 2.39. The third-order valence-corrected chi connectivity index (χ3v) is 8.16. The summed E-state index contributed by atoms with van der Waals surface area (Å²) in [7, 11) is 2.11. The minimum atomic E-state index is -0.922. The van der Waals surface area contributed by atoms with Crippen molar-refractivity contribution in [3.63, 3.8) is 0 Å². The Kier molecular flexibility index (Phi) is 10.1. The maximum Gasteiger partial charge on any atom is 0.303 e. The highest BCUT2D eigenvalue weighted by molar-refractivity contribution is 5.95. The second-order valence-electron chi connectivity index (χ2n) is 11.4. The number of rotatable bonds is 10. The molecule has 8 nitrogen and oxygen atoms in total. The Balaban J connectivity index is 1.35. The Hall–Kier alpha value is -4.08. The third-order valence-electron chi connectivity index (χ3n) is 8.16. The Morgan fingerprint density at radius 3 is 2.41 bits per heavy atom. The van der Waals surface area contributed by atoms with Gasteiger partial charge in [-0.2, -0.15) is 0 Å². The molecule has 1 saturated heterocycles. The first-order valence-corrected chi connectivity index (χ1v) is 15.0. The van der Waals surface area contributed by atoms with Gasteiger partial charge in [0.05, 0.1) is 18.8 Å². The molecular formula is C36H40N2O6. The maximum atomic E-state index is 12.6. The minimum absolute atomic E-state index is 0.0216. The lowest BCUT2D eigenvalue weighted by Crippen LogP contribution is -2.38. The van der Waals surface area contributed by atoms with Crippen LogP contribution in [-0.4, -0.2) is 47.7 Å². The monoisotopic (exact) mass is 596 g/mol. The lowest BCUT2D eigenvalue weighted by Gasteiger charge is -2.39. The van der Waals surface area contributed by atoms with E-state index in [0.29, 0.717) is 18.7 Å². The van der Waals surface area contributed by atoms with Crippen molar-refractivity contribution in [3.8, 4) is 0 Å². The molecule has 1 fully saturated rings. The van der Waals surface area contributed by atoms with Crippen molar-refractivity contribution in [2.45, 2.75) is 64.4 Å².